The molecular formula is C35H58N4O22. The van der Waals surface area contributed by atoms with Crippen molar-refractivity contribution in [2.45, 2.75) is 163 Å². The lowest BCUT2D eigenvalue weighted by molar-refractivity contribution is -0.358. The number of ether oxygens (including phenoxy) is 10. The minimum atomic E-state index is -2.26. The Bertz CT molecular complexity index is 1520. The van der Waals surface area contributed by atoms with Crippen LogP contribution in [0.4, 0.5) is 0 Å². The van der Waals surface area contributed by atoms with Crippen molar-refractivity contribution < 1.29 is 107 Å². The molecule has 5 aliphatic heterocycles. The fraction of sp³-hybridized carbons (Fsp3) is 0.886. The summed E-state index contributed by atoms with van der Waals surface area (Å²) in [4.78, 5) is 49.9. The van der Waals surface area contributed by atoms with Gasteiger partial charge in [0.2, 0.25) is 17.7 Å². The van der Waals surface area contributed by atoms with Gasteiger partial charge in [0.15, 0.2) is 25.2 Å². The molecule has 3 amide bonds. The average Bonchev–Trinajstić information content (AvgIpc) is 3.57. The van der Waals surface area contributed by atoms with Crippen LogP contribution < -0.4 is 21.7 Å². The molecule has 26 nitrogen and oxygen atoms in total. The highest BCUT2D eigenvalue weighted by atomic mass is 16.8. The van der Waals surface area contributed by atoms with Gasteiger partial charge < -0.3 is 110 Å². The van der Waals surface area contributed by atoms with Crippen LogP contribution in [0.1, 0.15) is 34.6 Å². The van der Waals surface area contributed by atoms with E-state index in [1.54, 1.807) is 0 Å². The Labute approximate surface area is 348 Å². The lowest BCUT2D eigenvalue weighted by Crippen LogP contribution is -2.71. The number of hydrogen-bond donors (Lipinski definition) is 12. The second kappa shape index (κ2) is 20.8. The van der Waals surface area contributed by atoms with E-state index in [0.29, 0.717) is 0 Å². The molecule has 21 atom stereocenters. The Morgan fingerprint density at radius 2 is 1.05 bits per heavy atom. The van der Waals surface area contributed by atoms with E-state index >= 15 is 0 Å². The molecule has 61 heavy (non-hydrogen) atoms. The van der Waals surface area contributed by atoms with Crippen LogP contribution >= 0.6 is 0 Å². The van der Waals surface area contributed by atoms with Crippen molar-refractivity contribution in [2.24, 2.45) is 5.73 Å². The number of carbonyl (C=O) groups excluding carboxylic acids is 3. The van der Waals surface area contributed by atoms with E-state index in [-0.39, 0.29) is 13.2 Å². The van der Waals surface area contributed by atoms with Gasteiger partial charge in [0.05, 0.1) is 32.5 Å². The van der Waals surface area contributed by atoms with Crippen molar-refractivity contribution in [3.05, 3.63) is 0 Å². The number of hydrogen-bond acceptors (Lipinski definition) is 22. The van der Waals surface area contributed by atoms with Crippen LogP contribution in [0.5, 0.6) is 0 Å². The van der Waals surface area contributed by atoms with Crippen LogP contribution in [0.25, 0.3) is 0 Å². The Balaban J connectivity index is 1.49. The molecule has 0 aromatic heterocycles. The molecule has 350 valence electrons. The van der Waals surface area contributed by atoms with Gasteiger partial charge in [0.25, 0.3) is 5.79 Å². The van der Waals surface area contributed by atoms with Gasteiger partial charge in [0.1, 0.15) is 91.4 Å². The number of carboxylic acid groups (broad SMARTS) is 1. The summed E-state index contributed by atoms with van der Waals surface area (Å²) >= 11 is 0. The normalized spacial score (nSPS) is 45.1. The van der Waals surface area contributed by atoms with Crippen molar-refractivity contribution in [1.82, 2.24) is 16.0 Å². The van der Waals surface area contributed by atoms with Crippen LogP contribution in [-0.4, -0.2) is 226 Å². The van der Waals surface area contributed by atoms with Crippen molar-refractivity contribution in [3.8, 4) is 0 Å². The molecule has 26 heteroatoms. The Kier molecular flexibility index (Phi) is 16.7. The molecule has 5 aliphatic rings. The first kappa shape index (κ1) is 49.2. The topological polar surface area (TPSA) is 385 Å². The summed E-state index contributed by atoms with van der Waals surface area (Å²) in [6, 6.07) is -4.56. The van der Waals surface area contributed by atoms with Gasteiger partial charge in [-0.1, -0.05) is 0 Å². The van der Waals surface area contributed by atoms with Gasteiger partial charge in [-0.3, -0.25) is 14.4 Å². The number of fused-ring (bicyclic) bond motifs is 1. The third-order valence-corrected chi connectivity index (χ3v) is 10.8. The van der Waals surface area contributed by atoms with Crippen LogP contribution in [0.2, 0.25) is 0 Å². The van der Waals surface area contributed by atoms with Gasteiger partial charge in [-0.05, 0) is 6.92 Å². The quantitative estimate of drug-likeness (QED) is 0.0685. The fourth-order valence-corrected chi connectivity index (χ4v) is 7.88. The van der Waals surface area contributed by atoms with Crippen molar-refractivity contribution in [2.75, 3.05) is 33.0 Å². The number of amides is 3. The number of nitrogens with two attached hydrogens (primary N) is 1. The molecule has 0 aliphatic carbocycles. The first-order chi connectivity index (χ1) is 28.8. The maximum Gasteiger partial charge on any atom is 0.364 e. The Morgan fingerprint density at radius 3 is 1.56 bits per heavy atom. The lowest BCUT2D eigenvalue weighted by atomic mass is 9.93. The Hall–Kier alpha value is -2.84. The van der Waals surface area contributed by atoms with Crippen LogP contribution in [0, 0.1) is 0 Å². The predicted octanol–water partition coefficient (Wildman–Crippen LogP) is -7.44. The van der Waals surface area contributed by atoms with Crippen LogP contribution in [-0.2, 0) is 66.5 Å². The minimum Gasteiger partial charge on any atom is -0.477 e. The molecule has 0 aromatic carbocycles. The molecule has 20 unspecified atom stereocenters. The number of carboxylic acids is 1. The van der Waals surface area contributed by atoms with Crippen LogP contribution in [0.15, 0.2) is 0 Å². The largest absolute Gasteiger partial charge is 0.477 e. The molecule has 13 N–H and O–H groups in total. The highest BCUT2D eigenvalue weighted by molar-refractivity contribution is 5.75. The number of aliphatic hydroxyl groups is 7. The first-order valence-electron chi connectivity index (χ1n) is 19.6. The van der Waals surface area contributed by atoms with Crippen molar-refractivity contribution >= 4 is 23.7 Å². The first-order valence-corrected chi connectivity index (χ1v) is 19.6. The third-order valence-electron chi connectivity index (χ3n) is 10.8. The minimum absolute atomic E-state index is 0.0418. The number of carbonyl (C=O) groups is 4. The molecule has 5 heterocycles. The predicted molar refractivity (Wildman–Crippen MR) is 194 cm³/mol. The molecule has 5 saturated heterocycles. The van der Waals surface area contributed by atoms with Gasteiger partial charge >= 0.3 is 5.97 Å². The monoisotopic (exact) mass is 886 g/mol. The van der Waals surface area contributed by atoms with Gasteiger partial charge in [-0.15, -0.1) is 0 Å². The molecule has 5 fully saturated rings. The smallest absolute Gasteiger partial charge is 0.364 e. The molecule has 0 aromatic rings. The summed E-state index contributed by atoms with van der Waals surface area (Å²) in [6.07, 6.45) is -26.1. The van der Waals surface area contributed by atoms with Crippen LogP contribution in [0.3, 0.4) is 0 Å². The summed E-state index contributed by atoms with van der Waals surface area (Å²) in [6.45, 7) is 3.41. The molecule has 0 spiro atoms. The van der Waals surface area contributed by atoms with E-state index < -0.39 is 172 Å². The zero-order valence-corrected chi connectivity index (χ0v) is 34.0. The lowest BCUT2D eigenvalue weighted by Gasteiger charge is -2.51. The maximum absolute atomic E-state index is 12.8. The second-order valence-corrected chi connectivity index (χ2v) is 15.4. The number of aliphatic hydroxyl groups excluding tert-OH is 7. The van der Waals surface area contributed by atoms with Gasteiger partial charge in [0, 0.05) is 34.2 Å². The fourth-order valence-electron chi connectivity index (χ4n) is 7.88. The summed E-state index contributed by atoms with van der Waals surface area (Å²) in [7, 11) is 0. The second-order valence-electron chi connectivity index (χ2n) is 15.4. The van der Waals surface area contributed by atoms with Crippen molar-refractivity contribution in [1.29, 1.82) is 0 Å². The zero-order valence-electron chi connectivity index (χ0n) is 34.0. The van der Waals surface area contributed by atoms with E-state index in [4.69, 9.17) is 53.1 Å². The van der Waals surface area contributed by atoms with E-state index in [1.165, 1.54) is 6.92 Å². The molecular weight excluding hydrogens is 828 g/mol. The van der Waals surface area contributed by atoms with E-state index in [2.05, 4.69) is 16.0 Å². The summed E-state index contributed by atoms with van der Waals surface area (Å²) in [5.41, 5.74) is 5.59. The maximum atomic E-state index is 12.8. The van der Waals surface area contributed by atoms with E-state index in [9.17, 15) is 60.0 Å². The zero-order chi connectivity index (χ0) is 45.1. The third kappa shape index (κ3) is 10.8. The van der Waals surface area contributed by atoms with E-state index in [0.717, 1.165) is 27.7 Å². The molecule has 0 bridgehead atoms. The average molecular weight is 887 g/mol. The number of nitrogens with one attached hydrogen (secondary N) is 3. The molecule has 0 saturated carbocycles. The summed E-state index contributed by atoms with van der Waals surface area (Å²) in [5.74, 6) is -5.89. The molecule has 5 rings (SSSR count). The highest BCUT2D eigenvalue weighted by Crippen LogP contribution is 2.41. The Morgan fingerprint density at radius 1 is 0.607 bits per heavy atom. The van der Waals surface area contributed by atoms with E-state index in [1.807, 2.05) is 0 Å². The molecule has 0 radical (unpaired) electrons. The number of aliphatic carboxylic acids is 1. The van der Waals surface area contributed by atoms with Gasteiger partial charge in [-0.2, -0.15) is 0 Å². The van der Waals surface area contributed by atoms with Gasteiger partial charge in [-0.25, -0.2) is 4.79 Å². The number of rotatable bonds is 16. The standard InChI is InChI=1S/C35H58N4O22/c1-11-21(46)26(58-30-18(37-12(2)43)24(49)22(47)15(8-40)54-30)19(38-13(3)44)31(53-11)59-27-20(39-14(4)45)32(55-16(9-41)23(27)48)57-25-17(10-42)56-33(52-7-6-36)29-28(25)60-35(5,61-29)34(50)51/h11,15-33,40-42,46-49H,6-10,36H2,1-5H3,(H,37,43)(H,38,44)(H,39,45)(H,50,51)/t11?,15?,16?,17?,18?,19?,20?,21?,22?,23?,24?,25?,26?,27?,28?,29?,30?,31?,32?,33?,35-/m0/s1. The summed E-state index contributed by atoms with van der Waals surface area (Å²) in [5, 5.41) is 92.7. The summed E-state index contributed by atoms with van der Waals surface area (Å²) < 4.78 is 59.6. The SMILES string of the molecule is CC(=O)NC1C(OC2C(O)C(C)OC(OC3C(O)C(CO)OC(OC4C(CO)OC(OCCN)C5O[C@@](C)(C(=O)O)OC45)C3NC(C)=O)C2NC(C)=O)OC(CO)C(O)C1O. The highest BCUT2D eigenvalue weighted by Gasteiger charge is 2.62. The van der Waals surface area contributed by atoms with Crippen molar-refractivity contribution in [3.63, 3.8) is 0 Å².